The Labute approximate surface area is 168 Å². The van der Waals surface area contributed by atoms with Crippen LogP contribution in [0.1, 0.15) is 31.4 Å². The highest BCUT2D eigenvalue weighted by molar-refractivity contribution is 7.99. The third-order valence-corrected chi connectivity index (χ3v) is 5.65. The van der Waals surface area contributed by atoms with Gasteiger partial charge in [-0.2, -0.15) is 0 Å². The Hall–Kier alpha value is -2.73. The van der Waals surface area contributed by atoms with Gasteiger partial charge in [0.25, 0.3) is 0 Å². The van der Waals surface area contributed by atoms with Crippen LogP contribution in [0.4, 0.5) is 0 Å². The summed E-state index contributed by atoms with van der Waals surface area (Å²) in [6.45, 7) is 0.478. The fourth-order valence-electron chi connectivity index (χ4n) is 3.32. The minimum absolute atomic E-state index is 0.0761. The zero-order valence-electron chi connectivity index (χ0n) is 15.6. The number of thioether (sulfide) groups is 1. The van der Waals surface area contributed by atoms with Gasteiger partial charge < -0.3 is 14.3 Å². The van der Waals surface area contributed by atoms with Gasteiger partial charge in [-0.25, -0.2) is 4.98 Å². The van der Waals surface area contributed by atoms with E-state index < -0.39 is 0 Å². The third-order valence-electron chi connectivity index (χ3n) is 4.78. The Balaban J connectivity index is 1.43. The van der Waals surface area contributed by atoms with E-state index in [4.69, 9.17) is 4.42 Å². The van der Waals surface area contributed by atoms with Gasteiger partial charge in [-0.1, -0.05) is 48.2 Å². The van der Waals surface area contributed by atoms with Gasteiger partial charge in [0.1, 0.15) is 5.76 Å². The minimum Gasteiger partial charge on any atom is -0.467 e. The first-order valence-corrected chi connectivity index (χ1v) is 10.5. The van der Waals surface area contributed by atoms with Crippen LogP contribution in [0.5, 0.6) is 0 Å². The molecule has 144 valence electrons. The smallest absolute Gasteiger partial charge is 0.237 e. The summed E-state index contributed by atoms with van der Waals surface area (Å²) in [5.41, 5.74) is 3.15. The molecular weight excluding hydrogens is 370 g/mol. The molecule has 0 aliphatic heterocycles. The predicted octanol–water partition coefficient (Wildman–Crippen LogP) is 5.25. The maximum Gasteiger partial charge on any atom is 0.237 e. The number of nitrogens with zero attached hydrogens (tertiary/aromatic N) is 2. The van der Waals surface area contributed by atoms with Crippen LogP contribution in [-0.4, -0.2) is 26.5 Å². The van der Waals surface area contributed by atoms with Gasteiger partial charge in [0, 0.05) is 5.70 Å². The van der Waals surface area contributed by atoms with Crippen LogP contribution in [0.2, 0.25) is 0 Å². The molecule has 1 amide bonds. The second-order valence-electron chi connectivity index (χ2n) is 6.76. The minimum atomic E-state index is 0.0761. The van der Waals surface area contributed by atoms with Crippen LogP contribution in [-0.2, 0) is 11.3 Å². The van der Waals surface area contributed by atoms with Crippen molar-refractivity contribution in [1.29, 1.82) is 0 Å². The zero-order chi connectivity index (χ0) is 19.2. The third kappa shape index (κ3) is 4.57. The molecule has 0 saturated carbocycles. The topological polar surface area (TPSA) is 62.1 Å². The molecule has 1 aliphatic carbocycles. The number of hydrogen-bond donors (Lipinski definition) is 1. The number of carbonyl (C=O) groups is 1. The molecule has 28 heavy (non-hydrogen) atoms. The number of benzene rings is 1. The molecule has 1 aromatic carbocycles. The second kappa shape index (κ2) is 8.97. The summed E-state index contributed by atoms with van der Waals surface area (Å²) in [5.74, 6) is 1.21. The van der Waals surface area contributed by atoms with Gasteiger partial charge in [-0.15, -0.1) is 0 Å². The normalized spacial score (nSPS) is 13.9. The van der Waals surface area contributed by atoms with Crippen LogP contribution in [0.3, 0.4) is 0 Å². The van der Waals surface area contributed by atoms with E-state index in [2.05, 4.69) is 16.0 Å². The summed E-state index contributed by atoms with van der Waals surface area (Å²) in [7, 11) is 0. The lowest BCUT2D eigenvalue weighted by atomic mass is 10.0. The molecule has 0 bridgehead atoms. The fourth-order valence-corrected chi connectivity index (χ4v) is 4.05. The van der Waals surface area contributed by atoms with Gasteiger partial charge >= 0.3 is 0 Å². The monoisotopic (exact) mass is 393 g/mol. The number of H-pyrrole nitrogens is 1. The molecule has 1 aliphatic rings. The second-order valence-corrected chi connectivity index (χ2v) is 7.72. The average Bonchev–Trinajstić information content (AvgIpc) is 3.44. The summed E-state index contributed by atoms with van der Waals surface area (Å²) < 4.78 is 5.47. The van der Waals surface area contributed by atoms with Crippen LogP contribution in [0.25, 0.3) is 11.3 Å². The zero-order valence-corrected chi connectivity index (χ0v) is 16.5. The molecule has 0 atom stereocenters. The lowest BCUT2D eigenvalue weighted by Gasteiger charge is -2.27. The van der Waals surface area contributed by atoms with Gasteiger partial charge in [0.2, 0.25) is 5.91 Å². The summed E-state index contributed by atoms with van der Waals surface area (Å²) in [5, 5.41) is 0.753. The van der Waals surface area contributed by atoms with Crippen molar-refractivity contribution in [2.45, 2.75) is 37.4 Å². The summed E-state index contributed by atoms with van der Waals surface area (Å²) in [6.07, 6.45) is 9.94. The van der Waals surface area contributed by atoms with Crippen molar-refractivity contribution < 1.29 is 9.21 Å². The molecule has 4 rings (SSSR count). The van der Waals surface area contributed by atoms with E-state index in [1.54, 1.807) is 6.26 Å². The molecule has 0 unspecified atom stereocenters. The highest BCUT2D eigenvalue weighted by atomic mass is 32.2. The summed E-state index contributed by atoms with van der Waals surface area (Å²) in [6, 6.07) is 13.8. The van der Waals surface area contributed by atoms with Gasteiger partial charge in [-0.05, 0) is 43.4 Å². The average molecular weight is 394 g/mol. The van der Waals surface area contributed by atoms with Crippen LogP contribution < -0.4 is 0 Å². The van der Waals surface area contributed by atoms with Crippen molar-refractivity contribution in [3.8, 4) is 11.3 Å². The van der Waals surface area contributed by atoms with Gasteiger partial charge in [0.05, 0.1) is 30.5 Å². The van der Waals surface area contributed by atoms with Gasteiger partial charge in [-0.3, -0.25) is 4.79 Å². The van der Waals surface area contributed by atoms with Crippen LogP contribution >= 0.6 is 11.8 Å². The van der Waals surface area contributed by atoms with Crippen molar-refractivity contribution in [3.05, 3.63) is 72.5 Å². The van der Waals surface area contributed by atoms with E-state index >= 15 is 0 Å². The molecule has 2 heterocycles. The molecule has 6 heteroatoms. The molecule has 2 aromatic heterocycles. The number of aromatic amines is 1. The van der Waals surface area contributed by atoms with E-state index in [0.29, 0.717) is 12.3 Å². The van der Waals surface area contributed by atoms with E-state index in [-0.39, 0.29) is 5.91 Å². The van der Waals surface area contributed by atoms with E-state index in [9.17, 15) is 4.79 Å². The number of rotatable bonds is 7. The van der Waals surface area contributed by atoms with E-state index in [1.807, 2.05) is 53.6 Å². The maximum atomic E-state index is 13.0. The predicted molar refractivity (Wildman–Crippen MR) is 111 cm³/mol. The number of aromatic nitrogens is 2. The first kappa shape index (κ1) is 18.6. The fraction of sp³-hybridized carbons (Fsp3) is 0.273. The largest absolute Gasteiger partial charge is 0.467 e. The Morgan fingerprint density at radius 2 is 2.07 bits per heavy atom. The summed E-state index contributed by atoms with van der Waals surface area (Å²) >= 11 is 1.43. The number of hydrogen-bond acceptors (Lipinski definition) is 4. The van der Waals surface area contributed by atoms with E-state index in [1.165, 1.54) is 18.2 Å². The van der Waals surface area contributed by atoms with Crippen molar-refractivity contribution in [2.24, 2.45) is 0 Å². The summed E-state index contributed by atoms with van der Waals surface area (Å²) in [4.78, 5) is 22.6. The molecular formula is C22H23N3O2S. The maximum absolute atomic E-state index is 13.0. The van der Waals surface area contributed by atoms with Crippen molar-refractivity contribution in [1.82, 2.24) is 14.9 Å². The first-order valence-electron chi connectivity index (χ1n) is 9.54. The Morgan fingerprint density at radius 1 is 1.18 bits per heavy atom. The molecule has 0 radical (unpaired) electrons. The van der Waals surface area contributed by atoms with E-state index in [0.717, 1.165) is 47.1 Å². The highest BCUT2D eigenvalue weighted by Gasteiger charge is 2.21. The Kier molecular flexibility index (Phi) is 5.97. The number of nitrogens with one attached hydrogen (secondary N) is 1. The molecule has 0 fully saturated rings. The van der Waals surface area contributed by atoms with Crippen molar-refractivity contribution in [2.75, 3.05) is 5.75 Å². The molecule has 0 spiro atoms. The van der Waals surface area contributed by atoms with Gasteiger partial charge in [0.15, 0.2) is 5.16 Å². The number of imidazole rings is 1. The molecule has 1 N–H and O–H groups in total. The first-order chi connectivity index (χ1) is 13.8. The molecule has 5 nitrogen and oxygen atoms in total. The number of furan rings is 1. The molecule has 0 saturated heterocycles. The Bertz CT molecular complexity index is 932. The lowest BCUT2D eigenvalue weighted by molar-refractivity contribution is -0.127. The number of amides is 1. The van der Waals surface area contributed by atoms with Crippen molar-refractivity contribution >= 4 is 17.7 Å². The lowest BCUT2D eigenvalue weighted by Crippen LogP contribution is -2.32. The van der Waals surface area contributed by atoms with Crippen LogP contribution in [0.15, 0.2) is 76.3 Å². The quantitative estimate of drug-likeness (QED) is 0.557. The van der Waals surface area contributed by atoms with Crippen LogP contribution in [0, 0.1) is 0 Å². The standard InChI is InChI=1S/C22H23N3O2S/c26-21(16-28-22-23-14-20(24-22)17-8-3-1-4-9-17)25(15-19-12-7-13-27-19)18-10-5-2-6-11-18/h1,3-4,7-10,12-14H,2,5-6,11,15-16H2,(H,23,24). The number of carbonyl (C=O) groups excluding carboxylic acids is 1. The highest BCUT2D eigenvalue weighted by Crippen LogP contribution is 2.26. The Morgan fingerprint density at radius 3 is 2.82 bits per heavy atom. The molecule has 3 aromatic rings. The number of allylic oxidation sites excluding steroid dienone is 2. The SMILES string of the molecule is O=C(CSc1ncc(-c2ccccc2)[nH]1)N(Cc1ccco1)C1=CCCCC1. The van der Waals surface area contributed by atoms with Crippen molar-refractivity contribution in [3.63, 3.8) is 0 Å².